The SMILES string of the molecule is Cn1nc(N(Cc2ccccc2)C(=O)OC(C)(C)C)c2ccccc2c1=O. The lowest BCUT2D eigenvalue weighted by atomic mass is 10.1. The van der Waals surface area contributed by atoms with Crippen molar-refractivity contribution < 1.29 is 9.53 Å². The van der Waals surface area contributed by atoms with Crippen LogP contribution in [0, 0.1) is 0 Å². The van der Waals surface area contributed by atoms with Crippen LogP contribution in [-0.2, 0) is 18.3 Å². The smallest absolute Gasteiger partial charge is 0.416 e. The molecule has 0 saturated heterocycles. The summed E-state index contributed by atoms with van der Waals surface area (Å²) in [7, 11) is 1.58. The number of fused-ring (bicyclic) bond motifs is 1. The molecule has 3 aromatic rings. The number of hydrogen-bond acceptors (Lipinski definition) is 4. The van der Waals surface area contributed by atoms with Crippen molar-refractivity contribution >= 4 is 22.7 Å². The van der Waals surface area contributed by atoms with Gasteiger partial charge in [-0.3, -0.25) is 9.69 Å². The minimum absolute atomic E-state index is 0.210. The van der Waals surface area contributed by atoms with E-state index in [1.807, 2.05) is 57.2 Å². The lowest BCUT2D eigenvalue weighted by Gasteiger charge is -2.27. The topological polar surface area (TPSA) is 64.4 Å². The van der Waals surface area contributed by atoms with Crippen LogP contribution in [0.1, 0.15) is 26.3 Å². The van der Waals surface area contributed by atoms with E-state index in [2.05, 4.69) is 5.10 Å². The predicted octanol–water partition coefficient (Wildman–Crippen LogP) is 3.88. The third kappa shape index (κ3) is 4.16. The number of benzene rings is 2. The van der Waals surface area contributed by atoms with Gasteiger partial charge in [-0.1, -0.05) is 48.5 Å². The molecule has 0 unspecified atom stereocenters. The van der Waals surface area contributed by atoms with Crippen LogP contribution in [-0.4, -0.2) is 21.5 Å². The van der Waals surface area contributed by atoms with Gasteiger partial charge in [-0.25, -0.2) is 9.48 Å². The second kappa shape index (κ2) is 7.23. The summed E-state index contributed by atoms with van der Waals surface area (Å²) in [5.74, 6) is 0.394. The van der Waals surface area contributed by atoms with Gasteiger partial charge in [-0.2, -0.15) is 5.10 Å². The summed E-state index contributed by atoms with van der Waals surface area (Å²) in [6.07, 6.45) is -0.511. The number of amides is 1. The highest BCUT2D eigenvalue weighted by molar-refractivity contribution is 5.99. The fourth-order valence-electron chi connectivity index (χ4n) is 2.79. The molecule has 0 bridgehead atoms. The van der Waals surface area contributed by atoms with Gasteiger partial charge in [0.25, 0.3) is 5.56 Å². The molecule has 0 aliphatic rings. The highest BCUT2D eigenvalue weighted by Crippen LogP contribution is 2.25. The van der Waals surface area contributed by atoms with Crippen molar-refractivity contribution in [1.29, 1.82) is 0 Å². The second-order valence-corrected chi connectivity index (χ2v) is 7.35. The van der Waals surface area contributed by atoms with Crippen LogP contribution in [0.3, 0.4) is 0 Å². The molecule has 1 amide bonds. The van der Waals surface area contributed by atoms with Gasteiger partial charge in [0.1, 0.15) is 5.60 Å². The Kier molecular flexibility index (Phi) is 4.99. The Bertz CT molecular complexity index is 1020. The maximum absolute atomic E-state index is 13.0. The van der Waals surface area contributed by atoms with Gasteiger partial charge in [0, 0.05) is 12.4 Å². The lowest BCUT2D eigenvalue weighted by molar-refractivity contribution is 0.0576. The number of aromatic nitrogens is 2. The molecule has 0 saturated carbocycles. The van der Waals surface area contributed by atoms with E-state index in [0.29, 0.717) is 16.6 Å². The zero-order valence-corrected chi connectivity index (χ0v) is 16.0. The number of rotatable bonds is 3. The minimum Gasteiger partial charge on any atom is -0.443 e. The molecule has 6 heteroatoms. The van der Waals surface area contributed by atoms with Crippen molar-refractivity contribution in [1.82, 2.24) is 9.78 Å². The van der Waals surface area contributed by atoms with Gasteiger partial charge in [0.05, 0.1) is 11.9 Å². The van der Waals surface area contributed by atoms with E-state index in [1.165, 1.54) is 9.58 Å². The minimum atomic E-state index is -0.650. The van der Waals surface area contributed by atoms with Crippen molar-refractivity contribution in [2.75, 3.05) is 4.90 Å². The van der Waals surface area contributed by atoms with Gasteiger partial charge in [-0.15, -0.1) is 0 Å². The Labute approximate surface area is 158 Å². The number of carbonyl (C=O) groups is 1. The fraction of sp³-hybridized carbons (Fsp3) is 0.286. The molecular weight excluding hydrogens is 342 g/mol. The van der Waals surface area contributed by atoms with Crippen LogP contribution in [0.5, 0.6) is 0 Å². The molecule has 0 spiro atoms. The summed E-state index contributed by atoms with van der Waals surface area (Å²) < 4.78 is 6.86. The normalized spacial score (nSPS) is 11.4. The average Bonchev–Trinajstić information content (AvgIpc) is 2.62. The van der Waals surface area contributed by atoms with Gasteiger partial charge in [0.2, 0.25) is 0 Å². The quantitative estimate of drug-likeness (QED) is 0.707. The highest BCUT2D eigenvalue weighted by Gasteiger charge is 2.27. The predicted molar refractivity (Wildman–Crippen MR) is 106 cm³/mol. The summed E-state index contributed by atoms with van der Waals surface area (Å²) in [4.78, 5) is 26.9. The summed E-state index contributed by atoms with van der Waals surface area (Å²) in [6, 6.07) is 16.7. The van der Waals surface area contributed by atoms with E-state index in [0.717, 1.165) is 5.56 Å². The molecule has 0 aliphatic carbocycles. The lowest BCUT2D eigenvalue weighted by Crippen LogP contribution is -2.38. The Morgan fingerprint density at radius 1 is 1.04 bits per heavy atom. The van der Waals surface area contributed by atoms with Crippen molar-refractivity contribution in [3.63, 3.8) is 0 Å². The molecule has 3 rings (SSSR count). The first-order chi connectivity index (χ1) is 12.8. The van der Waals surface area contributed by atoms with Crippen molar-refractivity contribution in [3.05, 3.63) is 70.5 Å². The zero-order valence-electron chi connectivity index (χ0n) is 16.0. The molecule has 2 aromatic carbocycles. The Morgan fingerprint density at radius 2 is 1.63 bits per heavy atom. The number of carbonyl (C=O) groups excluding carboxylic acids is 1. The number of nitrogens with zero attached hydrogens (tertiary/aromatic N) is 3. The number of anilines is 1. The second-order valence-electron chi connectivity index (χ2n) is 7.35. The van der Waals surface area contributed by atoms with Gasteiger partial charge in [-0.05, 0) is 32.4 Å². The van der Waals surface area contributed by atoms with E-state index in [9.17, 15) is 9.59 Å². The third-order valence-electron chi connectivity index (χ3n) is 3.99. The van der Waals surface area contributed by atoms with Crippen molar-refractivity contribution in [2.24, 2.45) is 7.05 Å². The fourth-order valence-corrected chi connectivity index (χ4v) is 2.79. The molecule has 0 atom stereocenters. The highest BCUT2D eigenvalue weighted by atomic mass is 16.6. The molecule has 0 radical (unpaired) electrons. The van der Waals surface area contributed by atoms with E-state index in [4.69, 9.17) is 4.74 Å². The maximum Gasteiger partial charge on any atom is 0.416 e. The standard InChI is InChI=1S/C21H23N3O3/c1-21(2,3)27-20(26)24(14-15-10-6-5-7-11-15)18-16-12-8-9-13-17(16)19(25)23(4)22-18/h5-13H,14H2,1-4H3. The van der Waals surface area contributed by atoms with Crippen LogP contribution in [0.25, 0.3) is 10.8 Å². The molecule has 0 aliphatic heterocycles. The average molecular weight is 365 g/mol. The summed E-state index contributed by atoms with van der Waals surface area (Å²) >= 11 is 0. The van der Waals surface area contributed by atoms with E-state index >= 15 is 0 Å². The van der Waals surface area contributed by atoms with Crippen LogP contribution < -0.4 is 10.5 Å². The van der Waals surface area contributed by atoms with Crippen LogP contribution in [0.4, 0.5) is 10.6 Å². The molecule has 27 heavy (non-hydrogen) atoms. The largest absolute Gasteiger partial charge is 0.443 e. The van der Waals surface area contributed by atoms with E-state index in [1.54, 1.807) is 25.2 Å². The van der Waals surface area contributed by atoms with Gasteiger partial charge >= 0.3 is 6.09 Å². The maximum atomic E-state index is 13.0. The summed E-state index contributed by atoms with van der Waals surface area (Å²) in [5.41, 5.74) is 0.0731. The molecule has 0 fully saturated rings. The molecule has 140 valence electrons. The Morgan fingerprint density at radius 3 is 2.26 bits per heavy atom. The first-order valence-corrected chi connectivity index (χ1v) is 8.77. The number of hydrogen-bond donors (Lipinski definition) is 0. The first-order valence-electron chi connectivity index (χ1n) is 8.77. The Balaban J connectivity index is 2.16. The molecule has 1 heterocycles. The van der Waals surface area contributed by atoms with Gasteiger partial charge < -0.3 is 4.74 Å². The van der Waals surface area contributed by atoms with Crippen LogP contribution in [0.15, 0.2) is 59.4 Å². The summed E-state index contributed by atoms with van der Waals surface area (Å²) in [6.45, 7) is 5.73. The molecule has 6 nitrogen and oxygen atoms in total. The third-order valence-corrected chi connectivity index (χ3v) is 3.99. The van der Waals surface area contributed by atoms with E-state index < -0.39 is 11.7 Å². The van der Waals surface area contributed by atoms with E-state index in [-0.39, 0.29) is 12.1 Å². The summed E-state index contributed by atoms with van der Waals surface area (Å²) in [5, 5.41) is 5.50. The van der Waals surface area contributed by atoms with Gasteiger partial charge in [0.15, 0.2) is 5.82 Å². The molecule has 0 N–H and O–H groups in total. The number of ether oxygens (including phenoxy) is 1. The molecule has 1 aromatic heterocycles. The van der Waals surface area contributed by atoms with Crippen LogP contribution in [0.2, 0.25) is 0 Å². The number of aryl methyl sites for hydroxylation is 1. The van der Waals surface area contributed by atoms with Crippen LogP contribution >= 0.6 is 0 Å². The zero-order chi connectivity index (χ0) is 19.6. The monoisotopic (exact) mass is 365 g/mol. The Hall–Kier alpha value is -3.15. The first kappa shape index (κ1) is 18.6. The van der Waals surface area contributed by atoms with Crippen molar-refractivity contribution in [2.45, 2.75) is 32.9 Å². The molecular formula is C21H23N3O3. The van der Waals surface area contributed by atoms with Crippen molar-refractivity contribution in [3.8, 4) is 0 Å².